The summed E-state index contributed by atoms with van der Waals surface area (Å²) in [4.78, 5) is 0. The highest BCUT2D eigenvalue weighted by molar-refractivity contribution is 5.45. The Balaban J connectivity index is 5.03. The maximum atomic E-state index is 4.08. The van der Waals surface area contributed by atoms with Crippen LogP contribution in [0.25, 0.3) is 0 Å². The lowest BCUT2D eigenvalue weighted by Crippen LogP contribution is -1.93. The van der Waals surface area contributed by atoms with Crippen LogP contribution < -0.4 is 0 Å². The third-order valence-corrected chi connectivity index (χ3v) is 2.62. The van der Waals surface area contributed by atoms with Crippen LogP contribution in [-0.4, -0.2) is 0 Å². The lowest BCUT2D eigenvalue weighted by atomic mass is 9.96. The Labute approximate surface area is 101 Å². The molecule has 88 valence electrons. The molecule has 0 bridgehead atoms. The van der Waals surface area contributed by atoms with E-state index in [1.807, 2.05) is 13.8 Å². The van der Waals surface area contributed by atoms with Gasteiger partial charge in [-0.3, -0.25) is 0 Å². The van der Waals surface area contributed by atoms with Crippen molar-refractivity contribution < 1.29 is 0 Å². The molecule has 0 aromatic rings. The zero-order chi connectivity index (χ0) is 12.9. The predicted molar refractivity (Wildman–Crippen MR) is 75.4 cm³/mol. The molecular formula is C16H24. The molecule has 0 radical (unpaired) electrons. The highest BCUT2D eigenvalue weighted by Gasteiger charge is 2.02. The van der Waals surface area contributed by atoms with Crippen LogP contribution in [0.5, 0.6) is 0 Å². The molecule has 0 heterocycles. The van der Waals surface area contributed by atoms with Gasteiger partial charge in [0.2, 0.25) is 0 Å². The van der Waals surface area contributed by atoms with Crippen LogP contribution in [0.1, 0.15) is 34.6 Å². The molecule has 0 N–H and O–H groups in total. The molecule has 0 aliphatic heterocycles. The minimum atomic E-state index is 0.489. The van der Waals surface area contributed by atoms with E-state index in [2.05, 4.69) is 52.7 Å². The van der Waals surface area contributed by atoms with Gasteiger partial charge in [-0.25, -0.2) is 0 Å². The largest absolute Gasteiger partial charge is 0.0955 e. The smallest absolute Gasteiger partial charge is 0.0210 e. The number of allylic oxidation sites excluding steroid dienone is 7. The molecule has 0 rings (SSSR count). The van der Waals surface area contributed by atoms with Crippen LogP contribution in [0.3, 0.4) is 0 Å². The fourth-order valence-corrected chi connectivity index (χ4v) is 1.42. The topological polar surface area (TPSA) is 0 Å². The lowest BCUT2D eigenvalue weighted by Gasteiger charge is -2.10. The van der Waals surface area contributed by atoms with E-state index in [9.17, 15) is 0 Å². The van der Waals surface area contributed by atoms with Crippen LogP contribution >= 0.6 is 0 Å². The molecule has 0 spiro atoms. The lowest BCUT2D eigenvalue weighted by molar-refractivity contribution is 0.781. The van der Waals surface area contributed by atoms with Gasteiger partial charge in [0, 0.05) is 0 Å². The highest BCUT2D eigenvalue weighted by Crippen LogP contribution is 2.19. The van der Waals surface area contributed by atoms with Gasteiger partial charge in [0.1, 0.15) is 0 Å². The SMILES string of the molecule is C=C(C)C(=C/C=C(\C)C(=C)C(C)C)C(=C)C. The molecule has 0 aromatic heterocycles. The summed E-state index contributed by atoms with van der Waals surface area (Å²) in [5.74, 6) is 0.489. The molecule has 0 aliphatic rings. The maximum absolute atomic E-state index is 4.08. The van der Waals surface area contributed by atoms with Crippen molar-refractivity contribution in [2.24, 2.45) is 5.92 Å². The van der Waals surface area contributed by atoms with Crippen molar-refractivity contribution in [1.29, 1.82) is 0 Å². The fourth-order valence-electron chi connectivity index (χ4n) is 1.42. The molecule has 0 fully saturated rings. The first-order valence-corrected chi connectivity index (χ1v) is 5.66. The second kappa shape index (κ2) is 6.32. The molecule has 0 amide bonds. The van der Waals surface area contributed by atoms with E-state index in [1.165, 1.54) is 11.1 Å². The number of hydrogen-bond acceptors (Lipinski definition) is 0. The Morgan fingerprint density at radius 2 is 1.31 bits per heavy atom. The minimum Gasteiger partial charge on any atom is -0.0955 e. The van der Waals surface area contributed by atoms with Gasteiger partial charge in [0.25, 0.3) is 0 Å². The molecule has 0 saturated carbocycles. The second-order valence-corrected chi connectivity index (χ2v) is 4.67. The average Bonchev–Trinajstić information content (AvgIpc) is 2.15. The van der Waals surface area contributed by atoms with E-state index in [0.29, 0.717) is 5.92 Å². The summed E-state index contributed by atoms with van der Waals surface area (Å²) in [6, 6.07) is 0. The molecule has 0 aliphatic carbocycles. The van der Waals surface area contributed by atoms with Gasteiger partial charge < -0.3 is 0 Å². The molecular weight excluding hydrogens is 192 g/mol. The van der Waals surface area contributed by atoms with Crippen LogP contribution in [0.4, 0.5) is 0 Å². The summed E-state index contributed by atoms with van der Waals surface area (Å²) in [6.07, 6.45) is 4.18. The zero-order valence-corrected chi connectivity index (χ0v) is 11.4. The Morgan fingerprint density at radius 1 is 0.875 bits per heavy atom. The summed E-state index contributed by atoms with van der Waals surface area (Å²) in [5, 5.41) is 0. The third-order valence-electron chi connectivity index (χ3n) is 2.62. The molecule has 0 unspecified atom stereocenters. The standard InChI is InChI=1S/C16H24/c1-11(2)15(8)14(7)9-10-16(12(3)4)13(5)6/h9-11H,3,5,8H2,1-2,4,6-7H3/b14-9+. The molecule has 0 nitrogen and oxygen atoms in total. The Kier molecular flexibility index (Phi) is 5.81. The van der Waals surface area contributed by atoms with E-state index < -0.39 is 0 Å². The van der Waals surface area contributed by atoms with Gasteiger partial charge in [0.15, 0.2) is 0 Å². The first kappa shape index (κ1) is 14.7. The zero-order valence-electron chi connectivity index (χ0n) is 11.4. The van der Waals surface area contributed by atoms with Gasteiger partial charge in [-0.2, -0.15) is 0 Å². The number of hydrogen-bond donors (Lipinski definition) is 0. The Morgan fingerprint density at radius 3 is 1.62 bits per heavy atom. The van der Waals surface area contributed by atoms with Crippen molar-refractivity contribution in [2.45, 2.75) is 34.6 Å². The summed E-state index contributed by atoms with van der Waals surface area (Å²) in [5.41, 5.74) is 5.61. The minimum absolute atomic E-state index is 0.489. The van der Waals surface area contributed by atoms with Crippen molar-refractivity contribution in [3.63, 3.8) is 0 Å². The van der Waals surface area contributed by atoms with Crippen molar-refractivity contribution >= 4 is 0 Å². The van der Waals surface area contributed by atoms with E-state index >= 15 is 0 Å². The third kappa shape index (κ3) is 4.48. The van der Waals surface area contributed by atoms with Crippen LogP contribution in [0.15, 0.2) is 59.8 Å². The molecule has 0 heteroatoms. The van der Waals surface area contributed by atoms with Gasteiger partial charge >= 0.3 is 0 Å². The molecule has 0 saturated heterocycles. The summed E-state index contributed by atoms with van der Waals surface area (Å²) in [6.45, 7) is 22.4. The van der Waals surface area contributed by atoms with E-state index in [1.54, 1.807) is 0 Å². The van der Waals surface area contributed by atoms with Crippen molar-refractivity contribution in [3.8, 4) is 0 Å². The van der Waals surface area contributed by atoms with Gasteiger partial charge in [0.05, 0.1) is 0 Å². The first-order valence-electron chi connectivity index (χ1n) is 5.66. The Hall–Kier alpha value is -1.30. The van der Waals surface area contributed by atoms with Gasteiger partial charge in [-0.15, -0.1) is 0 Å². The van der Waals surface area contributed by atoms with E-state index in [-0.39, 0.29) is 0 Å². The second-order valence-electron chi connectivity index (χ2n) is 4.67. The van der Waals surface area contributed by atoms with Crippen molar-refractivity contribution in [3.05, 3.63) is 59.8 Å². The monoisotopic (exact) mass is 216 g/mol. The first-order chi connectivity index (χ1) is 7.27. The van der Waals surface area contributed by atoms with Crippen LogP contribution in [0.2, 0.25) is 0 Å². The van der Waals surface area contributed by atoms with Crippen LogP contribution in [0, 0.1) is 5.92 Å². The van der Waals surface area contributed by atoms with Gasteiger partial charge in [-0.1, -0.05) is 56.9 Å². The summed E-state index contributed by atoms with van der Waals surface area (Å²) >= 11 is 0. The van der Waals surface area contributed by atoms with Crippen molar-refractivity contribution in [1.82, 2.24) is 0 Å². The predicted octanol–water partition coefficient (Wildman–Crippen LogP) is 5.22. The summed E-state index contributed by atoms with van der Waals surface area (Å²) in [7, 11) is 0. The molecule has 0 aromatic carbocycles. The molecule has 16 heavy (non-hydrogen) atoms. The van der Waals surface area contributed by atoms with E-state index in [0.717, 1.165) is 16.7 Å². The summed E-state index contributed by atoms with van der Waals surface area (Å²) < 4.78 is 0. The van der Waals surface area contributed by atoms with Gasteiger partial charge in [-0.05, 0) is 43.4 Å². The normalized spacial score (nSPS) is 11.2. The quantitative estimate of drug-likeness (QED) is 0.552. The van der Waals surface area contributed by atoms with E-state index in [4.69, 9.17) is 0 Å². The highest BCUT2D eigenvalue weighted by atomic mass is 14.1. The molecule has 0 atom stereocenters. The fraction of sp³-hybridized carbons (Fsp3) is 0.375. The van der Waals surface area contributed by atoms with Crippen LogP contribution in [-0.2, 0) is 0 Å². The number of rotatable bonds is 5. The Bertz CT molecular complexity index is 343. The average molecular weight is 216 g/mol. The van der Waals surface area contributed by atoms with Crippen molar-refractivity contribution in [2.75, 3.05) is 0 Å². The maximum Gasteiger partial charge on any atom is -0.0210 e.